The first-order valence-electron chi connectivity index (χ1n) is 8.04. The Kier molecular flexibility index (Phi) is 3.89. The van der Waals surface area contributed by atoms with Gasteiger partial charge in [0.15, 0.2) is 5.60 Å². The molecule has 0 bridgehead atoms. The van der Waals surface area contributed by atoms with Gasteiger partial charge in [0, 0.05) is 11.1 Å². The zero-order valence-electron chi connectivity index (χ0n) is 13.5. The van der Waals surface area contributed by atoms with Crippen LogP contribution < -0.4 is 9.47 Å². The van der Waals surface area contributed by atoms with E-state index in [1.54, 1.807) is 0 Å². The van der Waals surface area contributed by atoms with Crippen molar-refractivity contribution < 1.29 is 14.6 Å². The molecule has 0 unspecified atom stereocenters. The van der Waals surface area contributed by atoms with Crippen molar-refractivity contribution in [1.29, 1.82) is 0 Å². The van der Waals surface area contributed by atoms with Crippen LogP contribution in [0, 0.1) is 11.8 Å². The molecule has 0 saturated heterocycles. The number of ether oxygens (including phenoxy) is 2. The molecule has 0 saturated carbocycles. The van der Waals surface area contributed by atoms with Gasteiger partial charge in [-0.1, -0.05) is 66.4 Å². The fourth-order valence-corrected chi connectivity index (χ4v) is 2.91. The molecular formula is C22H16O3. The molecule has 3 aromatic rings. The van der Waals surface area contributed by atoms with Crippen LogP contribution in [-0.4, -0.2) is 11.7 Å². The van der Waals surface area contributed by atoms with Gasteiger partial charge in [-0.3, -0.25) is 0 Å². The predicted octanol–water partition coefficient (Wildman–Crippen LogP) is 4.11. The van der Waals surface area contributed by atoms with Crippen LogP contribution in [0.5, 0.6) is 17.2 Å². The van der Waals surface area contributed by atoms with Gasteiger partial charge in [-0.2, -0.15) is 0 Å². The quantitative estimate of drug-likeness (QED) is 0.720. The summed E-state index contributed by atoms with van der Waals surface area (Å²) in [6.45, 7) is 0.192. The minimum absolute atomic E-state index is 0.192. The van der Waals surface area contributed by atoms with Crippen molar-refractivity contribution in [3.05, 3.63) is 90.0 Å². The van der Waals surface area contributed by atoms with Gasteiger partial charge in [0.25, 0.3) is 0 Å². The molecule has 3 nitrogen and oxygen atoms in total. The number of fused-ring (bicyclic) bond motifs is 2. The number of hydrogen-bond donors (Lipinski definition) is 1. The van der Waals surface area contributed by atoms with Crippen molar-refractivity contribution >= 4 is 0 Å². The summed E-state index contributed by atoms with van der Waals surface area (Å²) in [5.41, 5.74) is -0.146. The summed E-state index contributed by atoms with van der Waals surface area (Å²) in [5.74, 6) is 7.90. The number of aliphatic hydroxyl groups is 1. The lowest BCUT2D eigenvalue weighted by Crippen LogP contribution is -2.29. The second-order valence-corrected chi connectivity index (χ2v) is 5.71. The molecule has 3 aromatic carbocycles. The fourth-order valence-electron chi connectivity index (χ4n) is 2.91. The molecule has 25 heavy (non-hydrogen) atoms. The molecule has 0 aliphatic carbocycles. The van der Waals surface area contributed by atoms with Crippen molar-refractivity contribution in [3.63, 3.8) is 0 Å². The predicted molar refractivity (Wildman–Crippen MR) is 95.7 cm³/mol. The second kappa shape index (κ2) is 6.35. The van der Waals surface area contributed by atoms with Crippen molar-refractivity contribution in [2.24, 2.45) is 0 Å². The topological polar surface area (TPSA) is 38.7 Å². The largest absolute Gasteiger partial charge is 0.481 e. The van der Waals surface area contributed by atoms with Gasteiger partial charge >= 0.3 is 0 Å². The Morgan fingerprint density at radius 1 is 0.800 bits per heavy atom. The minimum Gasteiger partial charge on any atom is -0.481 e. The van der Waals surface area contributed by atoms with Crippen LogP contribution in [0.15, 0.2) is 78.9 Å². The Labute approximate surface area is 146 Å². The monoisotopic (exact) mass is 328 g/mol. The van der Waals surface area contributed by atoms with Gasteiger partial charge in [0.2, 0.25) is 0 Å². The van der Waals surface area contributed by atoms with E-state index in [1.807, 2.05) is 78.9 Å². The molecule has 0 spiro atoms. The summed E-state index contributed by atoms with van der Waals surface area (Å²) in [6, 6.07) is 24.3. The molecule has 3 heteroatoms. The highest BCUT2D eigenvalue weighted by Gasteiger charge is 2.38. The Bertz CT molecular complexity index is 906. The zero-order chi connectivity index (χ0) is 17.1. The van der Waals surface area contributed by atoms with Gasteiger partial charge in [-0.05, 0) is 24.3 Å². The maximum absolute atomic E-state index is 11.4. The van der Waals surface area contributed by atoms with E-state index in [1.165, 1.54) is 0 Å². The third kappa shape index (κ3) is 2.84. The highest BCUT2D eigenvalue weighted by Crippen LogP contribution is 2.46. The Balaban J connectivity index is 1.67. The number of hydrogen-bond acceptors (Lipinski definition) is 3. The van der Waals surface area contributed by atoms with Gasteiger partial charge in [0.1, 0.15) is 23.9 Å². The van der Waals surface area contributed by atoms with Crippen LogP contribution >= 0.6 is 0 Å². The summed E-state index contributed by atoms with van der Waals surface area (Å²) in [7, 11) is 0. The molecule has 0 amide bonds. The molecular weight excluding hydrogens is 312 g/mol. The molecule has 122 valence electrons. The minimum atomic E-state index is -1.43. The SMILES string of the molecule is OC1(C#CCOc2ccccc2)c2ccccc2Oc2ccccc21. The Morgan fingerprint density at radius 2 is 1.36 bits per heavy atom. The third-order valence-electron chi connectivity index (χ3n) is 4.10. The molecule has 0 atom stereocenters. The first kappa shape index (κ1) is 15.3. The van der Waals surface area contributed by atoms with Gasteiger partial charge in [0.05, 0.1) is 0 Å². The van der Waals surface area contributed by atoms with Crippen molar-refractivity contribution in [2.45, 2.75) is 5.60 Å². The summed E-state index contributed by atoms with van der Waals surface area (Å²) in [4.78, 5) is 0. The normalized spacial score (nSPS) is 13.5. The highest BCUT2D eigenvalue weighted by molar-refractivity contribution is 5.59. The number of benzene rings is 3. The average molecular weight is 328 g/mol. The first-order valence-corrected chi connectivity index (χ1v) is 8.04. The van der Waals surface area contributed by atoms with Crippen LogP contribution in [-0.2, 0) is 5.60 Å². The fraction of sp³-hybridized carbons (Fsp3) is 0.0909. The van der Waals surface area contributed by atoms with E-state index in [-0.39, 0.29) is 6.61 Å². The molecule has 0 fully saturated rings. The lowest BCUT2D eigenvalue weighted by atomic mass is 9.84. The van der Waals surface area contributed by atoms with Crippen molar-refractivity contribution in [3.8, 4) is 29.1 Å². The van der Waals surface area contributed by atoms with E-state index >= 15 is 0 Å². The first-order chi connectivity index (χ1) is 12.3. The lowest BCUT2D eigenvalue weighted by Gasteiger charge is -2.31. The zero-order valence-corrected chi connectivity index (χ0v) is 13.5. The van der Waals surface area contributed by atoms with Crippen LogP contribution in [0.2, 0.25) is 0 Å². The van der Waals surface area contributed by atoms with E-state index in [0.29, 0.717) is 22.6 Å². The maximum atomic E-state index is 11.4. The lowest BCUT2D eigenvalue weighted by molar-refractivity contribution is 0.131. The third-order valence-corrected chi connectivity index (χ3v) is 4.10. The molecule has 1 aliphatic rings. The van der Waals surface area contributed by atoms with Crippen LogP contribution in [0.1, 0.15) is 11.1 Å². The van der Waals surface area contributed by atoms with E-state index < -0.39 is 5.60 Å². The second-order valence-electron chi connectivity index (χ2n) is 5.71. The summed E-state index contributed by atoms with van der Waals surface area (Å²) >= 11 is 0. The van der Waals surface area contributed by atoms with E-state index in [9.17, 15) is 5.11 Å². The molecule has 1 N–H and O–H groups in total. The van der Waals surface area contributed by atoms with Gasteiger partial charge < -0.3 is 14.6 Å². The van der Waals surface area contributed by atoms with Crippen molar-refractivity contribution in [2.75, 3.05) is 6.61 Å². The molecule has 4 rings (SSSR count). The van der Waals surface area contributed by atoms with Gasteiger partial charge in [-0.25, -0.2) is 0 Å². The summed E-state index contributed by atoms with van der Waals surface area (Å²) < 4.78 is 11.5. The molecule has 1 aliphatic heterocycles. The average Bonchev–Trinajstić information content (AvgIpc) is 2.67. The van der Waals surface area contributed by atoms with Crippen molar-refractivity contribution in [1.82, 2.24) is 0 Å². The standard InChI is InChI=1S/C22H16O3/c23-22(15-8-16-24-17-9-2-1-3-10-17)18-11-4-6-13-20(18)25-21-14-7-5-12-19(21)22/h1-7,9-14,23H,16H2. The molecule has 0 radical (unpaired) electrons. The number of rotatable bonds is 2. The smallest absolute Gasteiger partial charge is 0.184 e. The van der Waals surface area contributed by atoms with Crippen LogP contribution in [0.25, 0.3) is 0 Å². The molecule has 0 aromatic heterocycles. The van der Waals surface area contributed by atoms with Crippen LogP contribution in [0.4, 0.5) is 0 Å². The Morgan fingerprint density at radius 3 is 2.00 bits per heavy atom. The van der Waals surface area contributed by atoms with E-state index in [4.69, 9.17) is 9.47 Å². The maximum Gasteiger partial charge on any atom is 0.184 e. The summed E-state index contributed by atoms with van der Waals surface area (Å²) in [6.07, 6.45) is 0. The van der Waals surface area contributed by atoms with Gasteiger partial charge in [-0.15, -0.1) is 0 Å². The van der Waals surface area contributed by atoms with E-state index in [0.717, 1.165) is 5.75 Å². The Hall–Kier alpha value is -3.22. The number of para-hydroxylation sites is 3. The highest BCUT2D eigenvalue weighted by atomic mass is 16.5. The summed E-state index contributed by atoms with van der Waals surface area (Å²) in [5, 5.41) is 11.4. The molecule has 1 heterocycles. The van der Waals surface area contributed by atoms with E-state index in [2.05, 4.69) is 11.8 Å². The van der Waals surface area contributed by atoms with Crippen LogP contribution in [0.3, 0.4) is 0 Å².